The van der Waals surface area contributed by atoms with E-state index in [9.17, 15) is 12.8 Å². The Labute approximate surface area is 124 Å². The van der Waals surface area contributed by atoms with Gasteiger partial charge in [0.2, 0.25) is 10.0 Å². The summed E-state index contributed by atoms with van der Waals surface area (Å²) in [5.74, 6) is 3.95. The molecule has 0 amide bonds. The van der Waals surface area contributed by atoms with Crippen LogP contribution in [-0.4, -0.2) is 49.2 Å². The average Bonchev–Trinajstić information content (AvgIpc) is 2.46. The minimum Gasteiger partial charge on any atom is -0.396 e. The zero-order chi connectivity index (χ0) is 15.9. The number of sulfonamides is 1. The molecule has 1 rings (SSSR count). The maximum absolute atomic E-state index is 13.8. The van der Waals surface area contributed by atoms with Gasteiger partial charge < -0.3 is 10.2 Å². The second kappa shape index (κ2) is 8.10. The highest BCUT2D eigenvalue weighted by molar-refractivity contribution is 7.89. The summed E-state index contributed by atoms with van der Waals surface area (Å²) in [6.45, 7) is 1.56. The molecule has 0 atom stereocenters. The van der Waals surface area contributed by atoms with Crippen molar-refractivity contribution in [2.24, 2.45) is 0 Å². The molecule has 21 heavy (non-hydrogen) atoms. The van der Waals surface area contributed by atoms with E-state index in [1.54, 1.807) is 6.92 Å². The van der Waals surface area contributed by atoms with E-state index in [2.05, 4.69) is 11.8 Å². The van der Waals surface area contributed by atoms with Crippen molar-refractivity contribution in [3.05, 3.63) is 29.6 Å². The fourth-order valence-corrected chi connectivity index (χ4v) is 3.24. The molecule has 0 saturated carbocycles. The first-order valence-corrected chi connectivity index (χ1v) is 7.91. The van der Waals surface area contributed by atoms with Crippen molar-refractivity contribution in [2.75, 3.05) is 26.3 Å². The summed E-state index contributed by atoms with van der Waals surface area (Å²) in [5.41, 5.74) is 0.0291. The summed E-state index contributed by atoms with van der Waals surface area (Å²) in [6, 6.07) is 3.46. The summed E-state index contributed by atoms with van der Waals surface area (Å²) in [4.78, 5) is -0.158. The average molecular weight is 315 g/mol. The molecule has 1 aromatic rings. The molecule has 0 bridgehead atoms. The fraction of sp³-hybridized carbons (Fsp3) is 0.429. The van der Waals surface area contributed by atoms with E-state index in [1.807, 2.05) is 0 Å². The highest BCUT2D eigenvalue weighted by Crippen LogP contribution is 2.19. The van der Waals surface area contributed by atoms with Crippen LogP contribution in [0.2, 0.25) is 0 Å². The molecule has 0 radical (unpaired) electrons. The number of nitrogens with zero attached hydrogens (tertiary/aromatic N) is 1. The number of halogens is 1. The van der Waals surface area contributed by atoms with E-state index in [-0.39, 0.29) is 30.2 Å². The smallest absolute Gasteiger partial charge is 0.243 e. The summed E-state index contributed by atoms with van der Waals surface area (Å²) >= 11 is 0. The molecule has 0 saturated heterocycles. The SMILES string of the molecule is CCN(CCCO)S(=O)(=O)c1ccc(C#CCO)c(F)c1. The van der Waals surface area contributed by atoms with Gasteiger partial charge in [-0.1, -0.05) is 18.8 Å². The quantitative estimate of drug-likeness (QED) is 0.752. The van der Waals surface area contributed by atoms with Gasteiger partial charge in [-0.2, -0.15) is 4.31 Å². The normalized spacial score (nSPS) is 11.3. The van der Waals surface area contributed by atoms with Gasteiger partial charge in [-0.05, 0) is 24.6 Å². The molecule has 116 valence electrons. The monoisotopic (exact) mass is 315 g/mol. The Morgan fingerprint density at radius 1 is 1.33 bits per heavy atom. The number of hydrogen-bond acceptors (Lipinski definition) is 4. The lowest BCUT2D eigenvalue weighted by Gasteiger charge is -2.20. The largest absolute Gasteiger partial charge is 0.396 e. The highest BCUT2D eigenvalue weighted by atomic mass is 32.2. The van der Waals surface area contributed by atoms with Crippen LogP contribution in [0.15, 0.2) is 23.1 Å². The molecule has 0 unspecified atom stereocenters. The van der Waals surface area contributed by atoms with Gasteiger partial charge in [0.25, 0.3) is 0 Å². The van der Waals surface area contributed by atoms with E-state index in [1.165, 1.54) is 16.4 Å². The zero-order valence-corrected chi connectivity index (χ0v) is 12.5. The van der Waals surface area contributed by atoms with Crippen LogP contribution in [0, 0.1) is 17.7 Å². The molecular formula is C14H18FNO4S. The number of rotatable bonds is 6. The predicted octanol–water partition coefficient (Wildman–Crippen LogP) is 0.562. The Balaban J connectivity index is 3.11. The van der Waals surface area contributed by atoms with Crippen LogP contribution in [0.4, 0.5) is 4.39 Å². The van der Waals surface area contributed by atoms with Gasteiger partial charge in [0.05, 0.1) is 10.5 Å². The molecule has 0 aliphatic heterocycles. The molecule has 2 N–H and O–H groups in total. The number of aliphatic hydroxyl groups is 2. The first-order chi connectivity index (χ1) is 9.97. The van der Waals surface area contributed by atoms with Gasteiger partial charge in [0.1, 0.15) is 12.4 Å². The van der Waals surface area contributed by atoms with E-state index < -0.39 is 22.4 Å². The molecule has 0 fully saturated rings. The second-order valence-electron chi connectivity index (χ2n) is 4.18. The Morgan fingerprint density at radius 2 is 2.05 bits per heavy atom. The number of hydrogen-bond donors (Lipinski definition) is 2. The molecule has 0 heterocycles. The number of benzene rings is 1. The van der Waals surface area contributed by atoms with Gasteiger partial charge in [-0.15, -0.1) is 0 Å². The van der Waals surface area contributed by atoms with Crippen molar-refractivity contribution in [3.63, 3.8) is 0 Å². The highest BCUT2D eigenvalue weighted by Gasteiger charge is 2.23. The zero-order valence-electron chi connectivity index (χ0n) is 11.7. The van der Waals surface area contributed by atoms with E-state index in [0.29, 0.717) is 6.42 Å². The first kappa shape index (κ1) is 17.6. The van der Waals surface area contributed by atoms with Gasteiger partial charge in [0.15, 0.2) is 0 Å². The van der Waals surface area contributed by atoms with Gasteiger partial charge in [-0.3, -0.25) is 0 Å². The molecule has 1 aromatic carbocycles. The standard InChI is InChI=1S/C14H18FNO4S/c1-2-16(8-4-10-18)21(19,20)13-7-6-12(5-3-9-17)14(15)11-13/h6-7,11,17-18H,2,4,8-10H2,1H3. The summed E-state index contributed by atoms with van der Waals surface area (Å²) in [6.07, 6.45) is 0.315. The molecular weight excluding hydrogens is 297 g/mol. The lowest BCUT2D eigenvalue weighted by atomic mass is 10.2. The molecule has 7 heteroatoms. The van der Waals surface area contributed by atoms with Crippen LogP contribution in [0.1, 0.15) is 18.9 Å². The minimum absolute atomic E-state index is 0.0291. The van der Waals surface area contributed by atoms with Crippen LogP contribution in [0.3, 0.4) is 0 Å². The Morgan fingerprint density at radius 3 is 2.57 bits per heavy atom. The second-order valence-corrected chi connectivity index (χ2v) is 6.11. The predicted molar refractivity (Wildman–Crippen MR) is 76.5 cm³/mol. The number of aliphatic hydroxyl groups excluding tert-OH is 2. The van der Waals surface area contributed by atoms with Crippen molar-refractivity contribution >= 4 is 10.0 Å². The van der Waals surface area contributed by atoms with Gasteiger partial charge in [0, 0.05) is 19.7 Å². The van der Waals surface area contributed by atoms with Crippen molar-refractivity contribution in [1.29, 1.82) is 0 Å². The van der Waals surface area contributed by atoms with E-state index in [0.717, 1.165) is 6.07 Å². The lowest BCUT2D eigenvalue weighted by Crippen LogP contribution is -2.32. The maximum atomic E-state index is 13.8. The van der Waals surface area contributed by atoms with Crippen LogP contribution in [0.5, 0.6) is 0 Å². The van der Waals surface area contributed by atoms with E-state index >= 15 is 0 Å². The third-order valence-electron chi connectivity index (χ3n) is 2.80. The lowest BCUT2D eigenvalue weighted by molar-refractivity contribution is 0.271. The van der Waals surface area contributed by atoms with Crippen molar-refractivity contribution in [1.82, 2.24) is 4.31 Å². The summed E-state index contributed by atoms with van der Waals surface area (Å²) in [5, 5.41) is 17.4. The van der Waals surface area contributed by atoms with Crippen LogP contribution in [-0.2, 0) is 10.0 Å². The molecule has 5 nitrogen and oxygen atoms in total. The Bertz CT molecular complexity index is 634. The molecule has 0 aromatic heterocycles. The van der Waals surface area contributed by atoms with Crippen LogP contribution in [0.25, 0.3) is 0 Å². The summed E-state index contributed by atoms with van der Waals surface area (Å²) < 4.78 is 39.7. The van der Waals surface area contributed by atoms with Crippen molar-refractivity contribution in [2.45, 2.75) is 18.2 Å². The Kier molecular flexibility index (Phi) is 6.78. The third kappa shape index (κ3) is 4.51. The maximum Gasteiger partial charge on any atom is 0.243 e. The first-order valence-electron chi connectivity index (χ1n) is 6.47. The Hall–Kier alpha value is -1.46. The topological polar surface area (TPSA) is 77.8 Å². The van der Waals surface area contributed by atoms with Crippen LogP contribution >= 0.6 is 0 Å². The van der Waals surface area contributed by atoms with Crippen molar-refractivity contribution < 1.29 is 23.0 Å². The van der Waals surface area contributed by atoms with Crippen LogP contribution < -0.4 is 0 Å². The molecule has 0 spiro atoms. The molecule has 0 aliphatic rings. The molecule has 0 aliphatic carbocycles. The van der Waals surface area contributed by atoms with Gasteiger partial charge >= 0.3 is 0 Å². The van der Waals surface area contributed by atoms with Gasteiger partial charge in [-0.25, -0.2) is 12.8 Å². The summed E-state index contributed by atoms with van der Waals surface area (Å²) in [7, 11) is -3.80. The van der Waals surface area contributed by atoms with E-state index in [4.69, 9.17) is 10.2 Å². The fourth-order valence-electron chi connectivity index (χ4n) is 1.74. The minimum atomic E-state index is -3.80. The van der Waals surface area contributed by atoms with Crippen molar-refractivity contribution in [3.8, 4) is 11.8 Å². The third-order valence-corrected chi connectivity index (χ3v) is 4.77.